The minimum atomic E-state index is -0.378. The van der Waals surface area contributed by atoms with Crippen LogP contribution in [-0.2, 0) is 0 Å². The largest absolute Gasteiger partial charge is 0.485 e. The van der Waals surface area contributed by atoms with Crippen LogP contribution in [0, 0.1) is 0 Å². The first kappa shape index (κ1) is 20.0. The Morgan fingerprint density at radius 3 is 2.43 bits per heavy atom. The average Bonchev–Trinajstić information content (AvgIpc) is 3.32. The van der Waals surface area contributed by atoms with Crippen molar-refractivity contribution < 1.29 is 14.3 Å². The van der Waals surface area contributed by atoms with Crippen LogP contribution >= 0.6 is 11.3 Å². The molecule has 1 unspecified atom stereocenters. The van der Waals surface area contributed by atoms with Crippen LogP contribution in [0.25, 0.3) is 10.8 Å². The number of hydrogen-bond acceptors (Lipinski definition) is 4. The van der Waals surface area contributed by atoms with Gasteiger partial charge in [0.1, 0.15) is 17.6 Å². The third-order valence-electron chi connectivity index (χ3n) is 4.85. The molecule has 0 aliphatic carbocycles. The molecule has 0 saturated heterocycles. The van der Waals surface area contributed by atoms with Crippen molar-refractivity contribution in [3.8, 4) is 11.5 Å². The number of amides is 1. The lowest BCUT2D eigenvalue weighted by molar-refractivity contribution is 0.146. The Hall–Kier alpha value is -3.31. The SMILES string of the molecule is CN(CCC(Oc1ccc2ccccc2c1)c1cccs1)C(=O)Oc1ccccc1. The smallest absolute Gasteiger partial charge is 0.414 e. The summed E-state index contributed by atoms with van der Waals surface area (Å²) in [6.45, 7) is 0.516. The van der Waals surface area contributed by atoms with E-state index >= 15 is 0 Å². The second-order valence-electron chi connectivity index (χ2n) is 7.02. The van der Waals surface area contributed by atoms with Crippen molar-refractivity contribution in [2.45, 2.75) is 12.5 Å². The number of carbonyl (C=O) groups is 1. The molecule has 0 aliphatic heterocycles. The lowest BCUT2D eigenvalue weighted by Gasteiger charge is -2.22. The molecule has 152 valence electrons. The van der Waals surface area contributed by atoms with Crippen molar-refractivity contribution in [2.24, 2.45) is 0 Å². The zero-order valence-corrected chi connectivity index (χ0v) is 17.5. The monoisotopic (exact) mass is 417 g/mol. The van der Waals surface area contributed by atoms with E-state index < -0.39 is 0 Å². The van der Waals surface area contributed by atoms with Crippen LogP contribution in [0.5, 0.6) is 11.5 Å². The number of rotatable bonds is 7. The van der Waals surface area contributed by atoms with Gasteiger partial charge in [0.2, 0.25) is 0 Å². The highest BCUT2D eigenvalue weighted by molar-refractivity contribution is 7.10. The average molecular weight is 418 g/mol. The molecule has 1 aromatic heterocycles. The molecule has 30 heavy (non-hydrogen) atoms. The number of benzene rings is 3. The Kier molecular flexibility index (Phi) is 6.30. The molecule has 0 aliphatic rings. The molecule has 3 aromatic carbocycles. The lowest BCUT2D eigenvalue weighted by Crippen LogP contribution is -2.31. The van der Waals surface area contributed by atoms with E-state index in [1.807, 2.05) is 47.8 Å². The summed E-state index contributed by atoms with van der Waals surface area (Å²) in [5, 5.41) is 4.36. The summed E-state index contributed by atoms with van der Waals surface area (Å²) in [6.07, 6.45) is 0.142. The molecule has 1 amide bonds. The molecule has 0 fully saturated rings. The van der Waals surface area contributed by atoms with Crippen LogP contribution in [0.3, 0.4) is 0 Å². The van der Waals surface area contributed by atoms with Gasteiger partial charge in [-0.25, -0.2) is 4.79 Å². The molecular weight excluding hydrogens is 394 g/mol. The highest BCUT2D eigenvalue weighted by Gasteiger charge is 2.19. The molecule has 1 heterocycles. The summed E-state index contributed by atoms with van der Waals surface area (Å²) >= 11 is 1.66. The van der Waals surface area contributed by atoms with Crippen LogP contribution < -0.4 is 9.47 Å². The van der Waals surface area contributed by atoms with E-state index in [2.05, 4.69) is 30.3 Å². The molecule has 4 rings (SSSR count). The van der Waals surface area contributed by atoms with Crippen LogP contribution in [0.1, 0.15) is 17.4 Å². The Balaban J connectivity index is 1.43. The van der Waals surface area contributed by atoms with E-state index in [4.69, 9.17) is 9.47 Å². The maximum absolute atomic E-state index is 12.4. The van der Waals surface area contributed by atoms with Crippen LogP contribution in [0.2, 0.25) is 0 Å². The van der Waals surface area contributed by atoms with Crippen molar-refractivity contribution in [2.75, 3.05) is 13.6 Å². The summed E-state index contributed by atoms with van der Waals surface area (Å²) < 4.78 is 11.8. The van der Waals surface area contributed by atoms with Gasteiger partial charge in [-0.1, -0.05) is 54.6 Å². The van der Waals surface area contributed by atoms with Crippen molar-refractivity contribution in [3.63, 3.8) is 0 Å². The second-order valence-corrected chi connectivity index (χ2v) is 8.00. The first-order valence-electron chi connectivity index (χ1n) is 9.86. The van der Waals surface area contributed by atoms with Gasteiger partial charge in [-0.15, -0.1) is 11.3 Å². The number of thiophene rings is 1. The highest BCUT2D eigenvalue weighted by Crippen LogP contribution is 2.30. The van der Waals surface area contributed by atoms with E-state index in [9.17, 15) is 4.79 Å². The predicted octanol–water partition coefficient (Wildman–Crippen LogP) is 6.54. The third kappa shape index (κ3) is 4.99. The van der Waals surface area contributed by atoms with E-state index in [-0.39, 0.29) is 12.2 Å². The first-order chi connectivity index (χ1) is 14.7. The molecular formula is C25H23NO3S. The minimum Gasteiger partial charge on any atom is -0.485 e. The number of para-hydroxylation sites is 1. The highest BCUT2D eigenvalue weighted by atomic mass is 32.1. The van der Waals surface area contributed by atoms with E-state index in [0.29, 0.717) is 18.7 Å². The van der Waals surface area contributed by atoms with Gasteiger partial charge in [0, 0.05) is 24.9 Å². The van der Waals surface area contributed by atoms with Crippen LogP contribution in [-0.4, -0.2) is 24.6 Å². The summed E-state index contributed by atoms with van der Waals surface area (Å²) in [5.74, 6) is 1.36. The Labute approximate surface area is 180 Å². The van der Waals surface area contributed by atoms with Crippen molar-refractivity contribution in [3.05, 3.63) is 95.2 Å². The van der Waals surface area contributed by atoms with Gasteiger partial charge in [-0.3, -0.25) is 0 Å². The maximum atomic E-state index is 12.4. The normalized spacial score (nSPS) is 11.8. The molecule has 0 spiro atoms. The zero-order valence-electron chi connectivity index (χ0n) is 16.7. The molecule has 0 bridgehead atoms. The Bertz CT molecular complexity index is 1100. The summed E-state index contributed by atoms with van der Waals surface area (Å²) in [5.41, 5.74) is 0. The van der Waals surface area contributed by atoms with Gasteiger partial charge in [0.25, 0.3) is 0 Å². The van der Waals surface area contributed by atoms with Crippen molar-refractivity contribution in [1.82, 2.24) is 4.90 Å². The molecule has 1 atom stereocenters. The first-order valence-corrected chi connectivity index (χ1v) is 10.7. The molecule has 4 aromatic rings. The van der Waals surface area contributed by atoms with E-state index in [1.54, 1.807) is 35.4 Å². The molecule has 4 nitrogen and oxygen atoms in total. The van der Waals surface area contributed by atoms with Crippen LogP contribution in [0.15, 0.2) is 90.3 Å². The summed E-state index contributed by atoms with van der Waals surface area (Å²) in [4.78, 5) is 15.1. The maximum Gasteiger partial charge on any atom is 0.414 e. The number of hydrogen-bond donors (Lipinski definition) is 0. The molecule has 0 radical (unpaired) electrons. The number of fused-ring (bicyclic) bond motifs is 1. The fraction of sp³-hybridized carbons (Fsp3) is 0.160. The van der Waals surface area contributed by atoms with Gasteiger partial charge < -0.3 is 14.4 Å². The quantitative estimate of drug-likeness (QED) is 0.343. The summed E-state index contributed by atoms with van der Waals surface area (Å²) in [7, 11) is 1.74. The van der Waals surface area contributed by atoms with Crippen molar-refractivity contribution >= 4 is 28.2 Å². The lowest BCUT2D eigenvalue weighted by atomic mass is 10.1. The van der Waals surface area contributed by atoms with Gasteiger partial charge in [-0.2, -0.15) is 0 Å². The fourth-order valence-electron chi connectivity index (χ4n) is 3.21. The standard InChI is InChI=1S/C25H23NO3S/c1-26(25(27)29-21-10-3-2-4-11-21)16-15-23(24-12-7-17-30-24)28-22-14-13-19-8-5-6-9-20(19)18-22/h2-14,17-18,23H,15-16H2,1H3. The van der Waals surface area contributed by atoms with Gasteiger partial charge in [-0.05, 0) is 46.5 Å². The molecule has 0 N–H and O–H groups in total. The van der Waals surface area contributed by atoms with Gasteiger partial charge in [0.05, 0.1) is 0 Å². The Morgan fingerprint density at radius 2 is 1.67 bits per heavy atom. The van der Waals surface area contributed by atoms with Gasteiger partial charge in [0.15, 0.2) is 0 Å². The second kappa shape index (κ2) is 9.46. The summed E-state index contributed by atoms with van der Waals surface area (Å²) in [6, 6.07) is 27.5. The minimum absolute atomic E-state index is 0.141. The van der Waals surface area contributed by atoms with Crippen molar-refractivity contribution in [1.29, 1.82) is 0 Å². The molecule has 5 heteroatoms. The van der Waals surface area contributed by atoms with E-state index in [0.717, 1.165) is 16.0 Å². The third-order valence-corrected chi connectivity index (χ3v) is 5.81. The fourth-order valence-corrected chi connectivity index (χ4v) is 4.00. The molecule has 0 saturated carbocycles. The van der Waals surface area contributed by atoms with E-state index in [1.165, 1.54) is 5.39 Å². The predicted molar refractivity (Wildman–Crippen MR) is 121 cm³/mol. The number of carbonyl (C=O) groups excluding carboxylic acids is 1. The number of ether oxygens (including phenoxy) is 2. The topological polar surface area (TPSA) is 38.8 Å². The number of nitrogens with zero attached hydrogens (tertiary/aromatic N) is 1. The van der Waals surface area contributed by atoms with Crippen LogP contribution in [0.4, 0.5) is 4.79 Å². The van der Waals surface area contributed by atoms with Gasteiger partial charge >= 0.3 is 6.09 Å². The zero-order chi connectivity index (χ0) is 20.8. The Morgan fingerprint density at radius 1 is 0.900 bits per heavy atom.